The zero-order chi connectivity index (χ0) is 27.0. The normalized spacial score (nSPS) is 8.86. The summed E-state index contributed by atoms with van der Waals surface area (Å²) in [4.78, 5) is 22.5. The van der Waals surface area contributed by atoms with Crippen LogP contribution in [0.15, 0.2) is 121 Å². The van der Waals surface area contributed by atoms with E-state index in [4.69, 9.17) is 14.4 Å². The fourth-order valence-corrected chi connectivity index (χ4v) is 7.65. The molecule has 0 fully saturated rings. The molecule has 0 aliphatic carbocycles. The first-order valence-corrected chi connectivity index (χ1v) is 14.2. The maximum atomic E-state index is 7.50. The molecule has 0 saturated carbocycles. The second kappa shape index (κ2) is 25.0. The van der Waals surface area contributed by atoms with Crippen LogP contribution in [0.2, 0.25) is 0 Å². The van der Waals surface area contributed by atoms with Gasteiger partial charge in [-0.2, -0.15) is 0 Å². The van der Waals surface area contributed by atoms with E-state index >= 15 is 0 Å². The summed E-state index contributed by atoms with van der Waals surface area (Å²) >= 11 is 0. The van der Waals surface area contributed by atoms with Crippen molar-refractivity contribution in [2.75, 3.05) is 12.3 Å². The van der Waals surface area contributed by atoms with E-state index in [-0.39, 0.29) is 35.3 Å². The van der Waals surface area contributed by atoms with Gasteiger partial charge in [-0.3, -0.25) is 14.4 Å². The van der Waals surface area contributed by atoms with Gasteiger partial charge in [0.1, 0.15) is 0 Å². The Morgan fingerprint density at radius 2 is 0.568 bits per heavy atom. The third-order valence-corrected chi connectivity index (χ3v) is 9.85. The van der Waals surface area contributed by atoms with Crippen molar-refractivity contribution in [1.82, 2.24) is 0 Å². The second-order valence-corrected chi connectivity index (χ2v) is 11.9. The molecule has 6 heteroatoms. The van der Waals surface area contributed by atoms with Gasteiger partial charge in [-0.05, 0) is 49.4 Å². The summed E-state index contributed by atoms with van der Waals surface area (Å²) in [5.41, 5.74) is 0. The van der Waals surface area contributed by atoms with E-state index < -0.39 is 0 Å². The van der Waals surface area contributed by atoms with Crippen LogP contribution < -0.4 is 21.2 Å². The van der Waals surface area contributed by atoms with Gasteiger partial charge in [0.2, 0.25) is 0 Å². The Labute approximate surface area is 238 Å². The van der Waals surface area contributed by atoms with Gasteiger partial charge in [0.15, 0.2) is 0 Å². The molecule has 3 nitrogen and oxygen atoms in total. The summed E-state index contributed by atoms with van der Waals surface area (Å²) in [6.07, 6.45) is 2.42. The molecule has 4 aromatic carbocycles. The van der Waals surface area contributed by atoms with Crippen LogP contribution in [0.5, 0.6) is 0 Å². The van der Waals surface area contributed by atoms with Gasteiger partial charge >= 0.3 is 0 Å². The largest absolute Gasteiger partial charge is 0.281 e. The smallest absolute Gasteiger partial charge is 0.281 e. The van der Waals surface area contributed by atoms with Crippen LogP contribution in [0.4, 0.5) is 0 Å². The van der Waals surface area contributed by atoms with Gasteiger partial charge in [-0.25, -0.2) is 0 Å². The third-order valence-electron chi connectivity index (χ3n) is 4.90. The standard InChI is InChI=1S/2C14H15P.3CO.Ru/c2*1-2-15(13-9-5-3-6-10-13)14-11-7-4-8-12-14;3*1-2;/h2*3-12H,2H2,1H3;;;;. The van der Waals surface area contributed by atoms with Crippen LogP contribution in [0.3, 0.4) is 0 Å². The minimum absolute atomic E-state index is 0. The van der Waals surface area contributed by atoms with E-state index in [9.17, 15) is 0 Å². The molecular formula is C31H30O3P2Ru. The van der Waals surface area contributed by atoms with E-state index in [0.717, 1.165) is 0 Å². The first kappa shape index (κ1) is 36.5. The zero-order valence-corrected chi connectivity index (χ0v) is 24.5. The van der Waals surface area contributed by atoms with Crippen molar-refractivity contribution in [1.29, 1.82) is 0 Å². The predicted octanol–water partition coefficient (Wildman–Crippen LogP) is 5.08. The van der Waals surface area contributed by atoms with E-state index in [0.29, 0.717) is 0 Å². The van der Waals surface area contributed by atoms with Gasteiger partial charge in [0, 0.05) is 19.5 Å². The first-order valence-electron chi connectivity index (χ1n) is 11.2. The average molecular weight is 614 g/mol. The summed E-state index contributed by atoms with van der Waals surface area (Å²) in [6, 6.07) is 43.3. The molecule has 0 aromatic heterocycles. The molecule has 0 heterocycles. The predicted molar refractivity (Wildman–Crippen MR) is 156 cm³/mol. The van der Waals surface area contributed by atoms with Gasteiger partial charge < -0.3 is 0 Å². The maximum absolute atomic E-state index is 7.50. The van der Waals surface area contributed by atoms with Gasteiger partial charge in [-0.1, -0.05) is 135 Å². The summed E-state index contributed by atoms with van der Waals surface area (Å²) in [5, 5.41) is 5.89. The molecule has 0 bridgehead atoms. The fourth-order valence-electron chi connectivity index (χ4n) is 3.46. The van der Waals surface area contributed by atoms with Crippen LogP contribution in [0.1, 0.15) is 13.8 Å². The zero-order valence-electron chi connectivity index (χ0n) is 20.9. The number of carbonyl (C=O) groups excluding carboxylic acids is 3. The Kier molecular flexibility index (Phi) is 24.7. The molecule has 6 radical (unpaired) electrons. The molecule has 0 unspecified atom stereocenters. The fraction of sp³-hybridized carbons (Fsp3) is 0.129. The molecule has 190 valence electrons. The van der Waals surface area contributed by atoms with Crippen LogP contribution in [-0.4, -0.2) is 32.7 Å². The molecule has 4 aromatic rings. The second-order valence-electron chi connectivity index (χ2n) is 6.83. The topological polar surface area (TPSA) is 51.2 Å². The minimum Gasteiger partial charge on any atom is -0.281 e. The number of benzene rings is 4. The Morgan fingerprint density at radius 3 is 0.703 bits per heavy atom. The van der Waals surface area contributed by atoms with Crippen LogP contribution in [-0.2, 0) is 33.9 Å². The summed E-state index contributed by atoms with van der Waals surface area (Å²) in [7, 11) is -0.297. The summed E-state index contributed by atoms with van der Waals surface area (Å²) in [5.74, 6) is 0. The average Bonchev–Trinajstić information content (AvgIpc) is 3.00. The van der Waals surface area contributed by atoms with E-state index in [1.807, 2.05) is 0 Å². The van der Waals surface area contributed by atoms with Crippen LogP contribution in [0.25, 0.3) is 0 Å². The molecule has 0 amide bonds. The molecular weight excluding hydrogens is 583 g/mol. The number of hydrogen-bond acceptors (Lipinski definition) is 3. The molecule has 4 rings (SSSR count). The van der Waals surface area contributed by atoms with Crippen molar-refractivity contribution in [2.24, 2.45) is 0 Å². The Morgan fingerprint density at radius 1 is 0.405 bits per heavy atom. The van der Waals surface area contributed by atoms with Gasteiger partial charge in [0.25, 0.3) is 20.4 Å². The first-order chi connectivity index (χ1) is 17.8. The molecule has 0 saturated heterocycles. The van der Waals surface area contributed by atoms with Crippen molar-refractivity contribution in [3.8, 4) is 0 Å². The van der Waals surface area contributed by atoms with Crippen molar-refractivity contribution in [2.45, 2.75) is 13.8 Å². The monoisotopic (exact) mass is 614 g/mol. The SMILES string of the molecule is CCP(c1ccccc1)c1ccccc1.CCP(c1ccccc1)c1ccccc1.[C]=O.[C]=O.[C]=O.[Ru]. The van der Waals surface area contributed by atoms with E-state index in [1.54, 1.807) is 0 Å². The number of hydrogen-bond donors (Lipinski definition) is 0. The van der Waals surface area contributed by atoms with Crippen LogP contribution >= 0.6 is 15.8 Å². The van der Waals surface area contributed by atoms with E-state index in [1.165, 1.54) is 33.5 Å². The van der Waals surface area contributed by atoms with Crippen molar-refractivity contribution >= 4 is 57.4 Å². The minimum atomic E-state index is -0.149. The van der Waals surface area contributed by atoms with Gasteiger partial charge in [-0.15, -0.1) is 0 Å². The molecule has 37 heavy (non-hydrogen) atoms. The number of rotatable bonds is 6. The van der Waals surface area contributed by atoms with Crippen molar-refractivity contribution in [3.63, 3.8) is 0 Å². The quantitative estimate of drug-likeness (QED) is 0.225. The molecule has 0 atom stereocenters. The Balaban J connectivity index is 0. The third kappa shape index (κ3) is 13.5. The molecule has 0 N–H and O–H groups in total. The molecule has 0 aliphatic rings. The Hall–Kier alpha value is -2.63. The van der Waals surface area contributed by atoms with Gasteiger partial charge in [0.05, 0.1) is 0 Å². The van der Waals surface area contributed by atoms with E-state index in [2.05, 4.69) is 156 Å². The maximum Gasteiger partial charge on any atom is 0.281 e. The van der Waals surface area contributed by atoms with Crippen molar-refractivity contribution in [3.05, 3.63) is 121 Å². The Bertz CT molecular complexity index is 857. The molecule has 0 spiro atoms. The molecule has 0 aliphatic heterocycles. The van der Waals surface area contributed by atoms with Crippen LogP contribution in [0, 0.1) is 0 Å². The summed E-state index contributed by atoms with van der Waals surface area (Å²) in [6.45, 7) is 18.0. The van der Waals surface area contributed by atoms with Crippen molar-refractivity contribution < 1.29 is 33.9 Å². The summed E-state index contributed by atoms with van der Waals surface area (Å²) < 4.78 is 0.